The van der Waals surface area contributed by atoms with E-state index in [0.29, 0.717) is 0 Å². The fraction of sp³-hybridized carbons (Fsp3) is 0.714. The Labute approximate surface area is 104 Å². The molecular formula is C14H24N2O. The summed E-state index contributed by atoms with van der Waals surface area (Å²) >= 11 is 0. The van der Waals surface area contributed by atoms with E-state index in [1.165, 1.54) is 31.5 Å². The Balaban J connectivity index is 1.83. The SMILES string of the molecule is CC(C)(C)NCc1coc(CN2CCCC2)c1. The van der Waals surface area contributed by atoms with Gasteiger partial charge >= 0.3 is 0 Å². The van der Waals surface area contributed by atoms with Crippen LogP contribution in [0, 0.1) is 0 Å². The third-order valence-electron chi connectivity index (χ3n) is 3.11. The molecule has 1 N–H and O–H groups in total. The molecule has 0 saturated carbocycles. The van der Waals surface area contributed by atoms with Crippen molar-refractivity contribution in [3.05, 3.63) is 23.7 Å². The van der Waals surface area contributed by atoms with Crippen LogP contribution in [0.1, 0.15) is 44.9 Å². The molecule has 96 valence electrons. The quantitative estimate of drug-likeness (QED) is 0.871. The monoisotopic (exact) mass is 236 g/mol. The maximum atomic E-state index is 5.61. The minimum absolute atomic E-state index is 0.159. The number of rotatable bonds is 4. The van der Waals surface area contributed by atoms with Gasteiger partial charge in [0.05, 0.1) is 12.8 Å². The van der Waals surface area contributed by atoms with Gasteiger partial charge in [-0.05, 0) is 52.8 Å². The number of hydrogen-bond donors (Lipinski definition) is 1. The Bertz CT molecular complexity index is 345. The molecule has 0 radical (unpaired) electrons. The number of likely N-dealkylation sites (tertiary alicyclic amines) is 1. The summed E-state index contributed by atoms with van der Waals surface area (Å²) in [5.41, 5.74) is 1.40. The van der Waals surface area contributed by atoms with E-state index in [-0.39, 0.29) is 5.54 Å². The van der Waals surface area contributed by atoms with Crippen molar-refractivity contribution in [2.24, 2.45) is 0 Å². The second kappa shape index (κ2) is 5.23. The summed E-state index contributed by atoms with van der Waals surface area (Å²) in [7, 11) is 0. The van der Waals surface area contributed by atoms with Crippen molar-refractivity contribution in [1.82, 2.24) is 10.2 Å². The highest BCUT2D eigenvalue weighted by molar-refractivity contribution is 5.13. The normalized spacial score (nSPS) is 17.8. The van der Waals surface area contributed by atoms with Gasteiger partial charge in [-0.3, -0.25) is 4.90 Å². The third-order valence-corrected chi connectivity index (χ3v) is 3.11. The third kappa shape index (κ3) is 4.17. The van der Waals surface area contributed by atoms with Gasteiger partial charge in [-0.15, -0.1) is 0 Å². The molecule has 0 aromatic carbocycles. The number of nitrogens with one attached hydrogen (secondary N) is 1. The predicted molar refractivity (Wildman–Crippen MR) is 69.8 cm³/mol. The van der Waals surface area contributed by atoms with Gasteiger partial charge in [-0.2, -0.15) is 0 Å². The lowest BCUT2D eigenvalue weighted by Crippen LogP contribution is -2.34. The van der Waals surface area contributed by atoms with Crippen LogP contribution in [0.3, 0.4) is 0 Å². The Morgan fingerprint density at radius 3 is 2.65 bits per heavy atom. The summed E-state index contributed by atoms with van der Waals surface area (Å²) in [6, 6.07) is 2.18. The van der Waals surface area contributed by atoms with Crippen LogP contribution in [-0.4, -0.2) is 23.5 Å². The highest BCUT2D eigenvalue weighted by Gasteiger charge is 2.14. The molecular weight excluding hydrogens is 212 g/mol. The van der Waals surface area contributed by atoms with E-state index >= 15 is 0 Å². The zero-order valence-corrected chi connectivity index (χ0v) is 11.3. The van der Waals surface area contributed by atoms with Crippen molar-refractivity contribution in [3.8, 4) is 0 Å². The first-order valence-corrected chi connectivity index (χ1v) is 6.57. The van der Waals surface area contributed by atoms with Crippen LogP contribution in [0.5, 0.6) is 0 Å². The molecule has 1 fully saturated rings. The van der Waals surface area contributed by atoms with Crippen LogP contribution in [0.25, 0.3) is 0 Å². The zero-order valence-electron chi connectivity index (χ0n) is 11.3. The first-order chi connectivity index (χ1) is 8.03. The van der Waals surface area contributed by atoms with E-state index in [1.54, 1.807) is 0 Å². The molecule has 0 spiro atoms. The van der Waals surface area contributed by atoms with Crippen LogP contribution in [-0.2, 0) is 13.1 Å². The molecule has 1 aliphatic rings. The van der Waals surface area contributed by atoms with Gasteiger partial charge < -0.3 is 9.73 Å². The van der Waals surface area contributed by atoms with E-state index in [9.17, 15) is 0 Å². The van der Waals surface area contributed by atoms with Crippen molar-refractivity contribution < 1.29 is 4.42 Å². The molecule has 0 bridgehead atoms. The van der Waals surface area contributed by atoms with Crippen LogP contribution in [0.4, 0.5) is 0 Å². The van der Waals surface area contributed by atoms with E-state index in [1.807, 2.05) is 6.26 Å². The molecule has 2 heterocycles. The van der Waals surface area contributed by atoms with Gasteiger partial charge in [0.1, 0.15) is 5.76 Å². The van der Waals surface area contributed by atoms with Gasteiger partial charge in [-0.1, -0.05) is 0 Å². The predicted octanol–water partition coefficient (Wildman–Crippen LogP) is 2.76. The number of furan rings is 1. The second-order valence-corrected chi connectivity index (χ2v) is 6.01. The fourth-order valence-corrected chi connectivity index (χ4v) is 2.13. The molecule has 3 heteroatoms. The molecule has 0 amide bonds. The van der Waals surface area contributed by atoms with Crippen molar-refractivity contribution in [3.63, 3.8) is 0 Å². The van der Waals surface area contributed by atoms with E-state index in [2.05, 4.69) is 37.1 Å². The number of nitrogens with zero attached hydrogens (tertiary/aromatic N) is 1. The first kappa shape index (κ1) is 12.7. The average molecular weight is 236 g/mol. The summed E-state index contributed by atoms with van der Waals surface area (Å²) in [5, 5.41) is 3.47. The van der Waals surface area contributed by atoms with Crippen LogP contribution in [0.2, 0.25) is 0 Å². The summed E-state index contributed by atoms with van der Waals surface area (Å²) in [5.74, 6) is 1.10. The molecule has 1 aromatic rings. The molecule has 1 saturated heterocycles. The highest BCUT2D eigenvalue weighted by Crippen LogP contribution is 2.15. The van der Waals surface area contributed by atoms with Gasteiger partial charge in [0.25, 0.3) is 0 Å². The van der Waals surface area contributed by atoms with Crippen molar-refractivity contribution in [1.29, 1.82) is 0 Å². The second-order valence-electron chi connectivity index (χ2n) is 6.01. The molecule has 1 aliphatic heterocycles. The highest BCUT2D eigenvalue weighted by atomic mass is 16.3. The Morgan fingerprint density at radius 2 is 2.00 bits per heavy atom. The standard InChI is InChI=1S/C14H24N2O/c1-14(2,3)15-9-12-8-13(17-11-12)10-16-6-4-5-7-16/h8,11,15H,4-7,9-10H2,1-3H3. The fourth-order valence-electron chi connectivity index (χ4n) is 2.13. The maximum absolute atomic E-state index is 5.61. The summed E-state index contributed by atoms with van der Waals surface area (Å²) in [4.78, 5) is 2.46. The van der Waals surface area contributed by atoms with Crippen molar-refractivity contribution >= 4 is 0 Å². The molecule has 1 aromatic heterocycles. The Kier molecular flexibility index (Phi) is 3.89. The van der Waals surface area contributed by atoms with E-state index < -0.39 is 0 Å². The first-order valence-electron chi connectivity index (χ1n) is 6.57. The molecule has 3 nitrogen and oxygen atoms in total. The Hall–Kier alpha value is -0.800. The topological polar surface area (TPSA) is 28.4 Å². The van der Waals surface area contributed by atoms with Gasteiger partial charge in [0.2, 0.25) is 0 Å². The average Bonchev–Trinajstić information content (AvgIpc) is 2.86. The van der Waals surface area contributed by atoms with E-state index in [0.717, 1.165) is 18.8 Å². The lowest BCUT2D eigenvalue weighted by molar-refractivity contribution is 0.297. The molecule has 0 unspecified atom stereocenters. The van der Waals surface area contributed by atoms with Crippen molar-refractivity contribution in [2.45, 2.75) is 52.2 Å². The van der Waals surface area contributed by atoms with Crippen molar-refractivity contribution in [2.75, 3.05) is 13.1 Å². The molecule has 0 aliphatic carbocycles. The molecule has 0 atom stereocenters. The van der Waals surface area contributed by atoms with Gasteiger partial charge in [0.15, 0.2) is 0 Å². The van der Waals surface area contributed by atoms with Gasteiger partial charge in [-0.25, -0.2) is 0 Å². The van der Waals surface area contributed by atoms with Crippen LogP contribution >= 0.6 is 0 Å². The minimum Gasteiger partial charge on any atom is -0.468 e. The molecule has 2 rings (SSSR count). The largest absolute Gasteiger partial charge is 0.468 e. The van der Waals surface area contributed by atoms with E-state index in [4.69, 9.17) is 4.42 Å². The van der Waals surface area contributed by atoms with Crippen LogP contribution < -0.4 is 5.32 Å². The van der Waals surface area contributed by atoms with Crippen LogP contribution in [0.15, 0.2) is 16.7 Å². The summed E-state index contributed by atoms with van der Waals surface area (Å²) < 4.78 is 5.61. The summed E-state index contributed by atoms with van der Waals surface area (Å²) in [6.45, 7) is 10.8. The smallest absolute Gasteiger partial charge is 0.118 e. The molecule has 17 heavy (non-hydrogen) atoms. The lowest BCUT2D eigenvalue weighted by Gasteiger charge is -2.19. The number of hydrogen-bond acceptors (Lipinski definition) is 3. The zero-order chi connectivity index (χ0) is 12.3. The Morgan fingerprint density at radius 1 is 1.29 bits per heavy atom. The minimum atomic E-state index is 0.159. The summed E-state index contributed by atoms with van der Waals surface area (Å²) in [6.07, 6.45) is 4.54. The van der Waals surface area contributed by atoms with Gasteiger partial charge in [0, 0.05) is 17.6 Å². The maximum Gasteiger partial charge on any atom is 0.118 e. The lowest BCUT2D eigenvalue weighted by atomic mass is 10.1.